The van der Waals surface area contributed by atoms with Gasteiger partial charge in [-0.2, -0.15) is 8.75 Å². The van der Waals surface area contributed by atoms with E-state index >= 15 is 0 Å². The lowest BCUT2D eigenvalue weighted by molar-refractivity contribution is 0.0599. The van der Waals surface area contributed by atoms with Crippen molar-refractivity contribution in [1.82, 2.24) is 8.75 Å². The molecule has 1 amide bonds. The standard InChI is InChI=1S/C20H19N3O4S/c1-12-4-7-15(10-17(12)20(25)26-3)21-19(24)14-5-8-16(9-6-14)27-11-18-13(2)22-28-23-18/h4-10H,11H2,1-3H3,(H,21,24). The fraction of sp³-hybridized carbons (Fsp3) is 0.200. The number of nitrogens with zero attached hydrogens (tertiary/aromatic N) is 2. The molecule has 3 rings (SSSR count). The molecular weight excluding hydrogens is 378 g/mol. The van der Waals surface area contributed by atoms with Crippen LogP contribution >= 0.6 is 11.7 Å². The van der Waals surface area contributed by atoms with E-state index in [1.807, 2.05) is 6.92 Å². The van der Waals surface area contributed by atoms with Crippen LogP contribution < -0.4 is 10.1 Å². The Morgan fingerprint density at radius 1 is 1.07 bits per heavy atom. The number of hydrogen-bond acceptors (Lipinski definition) is 7. The predicted molar refractivity (Wildman–Crippen MR) is 106 cm³/mol. The molecule has 8 heteroatoms. The van der Waals surface area contributed by atoms with Gasteiger partial charge in [-0.25, -0.2) is 4.79 Å². The highest BCUT2D eigenvalue weighted by Crippen LogP contribution is 2.19. The molecule has 0 radical (unpaired) electrons. The normalized spacial score (nSPS) is 10.4. The molecule has 28 heavy (non-hydrogen) atoms. The number of benzene rings is 2. The van der Waals surface area contributed by atoms with Gasteiger partial charge in [0.25, 0.3) is 5.91 Å². The van der Waals surface area contributed by atoms with Gasteiger partial charge < -0.3 is 14.8 Å². The highest BCUT2D eigenvalue weighted by molar-refractivity contribution is 6.99. The second-order valence-electron chi connectivity index (χ2n) is 6.08. The number of aromatic nitrogens is 2. The minimum atomic E-state index is -0.444. The van der Waals surface area contributed by atoms with E-state index < -0.39 is 5.97 Å². The number of carbonyl (C=O) groups is 2. The van der Waals surface area contributed by atoms with Crippen molar-refractivity contribution in [3.63, 3.8) is 0 Å². The third-order valence-corrected chi connectivity index (χ3v) is 4.80. The van der Waals surface area contributed by atoms with Crippen LogP contribution in [-0.4, -0.2) is 27.7 Å². The Bertz CT molecular complexity index is 999. The second-order valence-corrected chi connectivity index (χ2v) is 6.61. The summed E-state index contributed by atoms with van der Waals surface area (Å²) in [5.41, 5.74) is 3.83. The van der Waals surface area contributed by atoms with Crippen LogP contribution in [0.15, 0.2) is 42.5 Å². The van der Waals surface area contributed by atoms with Crippen molar-refractivity contribution in [2.24, 2.45) is 0 Å². The summed E-state index contributed by atoms with van der Waals surface area (Å²) in [7, 11) is 1.32. The predicted octanol–water partition coefficient (Wildman–Crippen LogP) is 3.77. The maximum atomic E-state index is 12.5. The summed E-state index contributed by atoms with van der Waals surface area (Å²) in [5.74, 6) is -0.0984. The zero-order valence-electron chi connectivity index (χ0n) is 15.7. The van der Waals surface area contributed by atoms with Crippen LogP contribution in [0.25, 0.3) is 0 Å². The summed E-state index contributed by atoms with van der Waals surface area (Å²) in [4.78, 5) is 24.3. The minimum Gasteiger partial charge on any atom is -0.487 e. The SMILES string of the molecule is COC(=O)c1cc(NC(=O)c2ccc(OCc3nsnc3C)cc2)ccc1C. The Labute approximate surface area is 166 Å². The summed E-state index contributed by atoms with van der Waals surface area (Å²) in [6, 6.07) is 11.9. The van der Waals surface area contributed by atoms with Gasteiger partial charge in [0.1, 0.15) is 18.1 Å². The molecule has 0 spiro atoms. The molecule has 0 aliphatic carbocycles. The Morgan fingerprint density at radius 2 is 1.82 bits per heavy atom. The molecule has 0 aliphatic rings. The highest BCUT2D eigenvalue weighted by atomic mass is 32.1. The number of rotatable bonds is 6. The van der Waals surface area contributed by atoms with E-state index in [2.05, 4.69) is 14.1 Å². The first-order chi connectivity index (χ1) is 13.5. The topological polar surface area (TPSA) is 90.4 Å². The summed E-state index contributed by atoms with van der Waals surface area (Å²) < 4.78 is 18.7. The van der Waals surface area contributed by atoms with Gasteiger partial charge in [-0.3, -0.25) is 4.79 Å². The van der Waals surface area contributed by atoms with E-state index in [9.17, 15) is 9.59 Å². The Morgan fingerprint density at radius 3 is 2.46 bits per heavy atom. The van der Waals surface area contributed by atoms with Crippen LogP contribution in [0.4, 0.5) is 5.69 Å². The van der Waals surface area contributed by atoms with Gasteiger partial charge in [0.15, 0.2) is 0 Å². The van der Waals surface area contributed by atoms with Crippen molar-refractivity contribution in [2.45, 2.75) is 20.5 Å². The lowest BCUT2D eigenvalue weighted by Crippen LogP contribution is -2.13. The fourth-order valence-corrected chi connectivity index (χ4v) is 3.02. The summed E-state index contributed by atoms with van der Waals surface area (Å²) in [5, 5.41) is 2.78. The third-order valence-electron chi connectivity index (χ3n) is 4.14. The molecule has 7 nitrogen and oxygen atoms in total. The molecule has 1 heterocycles. The van der Waals surface area contributed by atoms with E-state index in [0.717, 1.165) is 28.7 Å². The number of esters is 1. The number of ether oxygens (including phenoxy) is 2. The molecule has 1 N–H and O–H groups in total. The summed E-state index contributed by atoms with van der Waals surface area (Å²) >= 11 is 1.15. The number of amides is 1. The molecule has 3 aromatic rings. The van der Waals surface area contributed by atoms with Gasteiger partial charge in [0, 0.05) is 11.3 Å². The molecule has 0 saturated carbocycles. The van der Waals surface area contributed by atoms with Gasteiger partial charge in [0.05, 0.1) is 30.1 Å². The van der Waals surface area contributed by atoms with Crippen LogP contribution in [0.1, 0.15) is 37.7 Å². The van der Waals surface area contributed by atoms with Gasteiger partial charge in [-0.1, -0.05) is 6.07 Å². The first-order valence-electron chi connectivity index (χ1n) is 8.49. The van der Waals surface area contributed by atoms with Crippen LogP contribution in [0.3, 0.4) is 0 Å². The molecule has 0 bridgehead atoms. The molecular formula is C20H19N3O4S. The van der Waals surface area contributed by atoms with E-state index in [1.165, 1.54) is 7.11 Å². The molecule has 0 saturated heterocycles. The first-order valence-corrected chi connectivity index (χ1v) is 9.22. The zero-order chi connectivity index (χ0) is 20.1. The quantitative estimate of drug-likeness (QED) is 0.637. The van der Waals surface area contributed by atoms with Gasteiger partial charge in [-0.15, -0.1) is 0 Å². The molecule has 0 fully saturated rings. The van der Waals surface area contributed by atoms with E-state index in [4.69, 9.17) is 9.47 Å². The molecule has 0 unspecified atom stereocenters. The van der Waals surface area contributed by atoms with Crippen molar-refractivity contribution in [2.75, 3.05) is 12.4 Å². The molecule has 0 atom stereocenters. The molecule has 144 valence electrons. The first kappa shape index (κ1) is 19.5. The maximum Gasteiger partial charge on any atom is 0.338 e. The monoisotopic (exact) mass is 397 g/mol. The Hall–Kier alpha value is -3.26. The van der Waals surface area contributed by atoms with Crippen LogP contribution in [0.2, 0.25) is 0 Å². The van der Waals surface area contributed by atoms with Crippen LogP contribution in [0, 0.1) is 13.8 Å². The Balaban J connectivity index is 1.65. The van der Waals surface area contributed by atoms with E-state index in [-0.39, 0.29) is 5.91 Å². The molecule has 0 aliphatic heterocycles. The van der Waals surface area contributed by atoms with Gasteiger partial charge in [-0.05, 0) is 55.8 Å². The van der Waals surface area contributed by atoms with Crippen LogP contribution in [-0.2, 0) is 11.3 Å². The van der Waals surface area contributed by atoms with E-state index in [1.54, 1.807) is 49.4 Å². The van der Waals surface area contributed by atoms with E-state index in [0.29, 0.717) is 29.2 Å². The number of nitrogens with one attached hydrogen (secondary N) is 1. The maximum absolute atomic E-state index is 12.5. The number of hydrogen-bond donors (Lipinski definition) is 1. The average Bonchev–Trinajstić information content (AvgIpc) is 3.12. The van der Waals surface area contributed by atoms with Crippen LogP contribution in [0.5, 0.6) is 5.75 Å². The fourth-order valence-electron chi connectivity index (χ4n) is 2.47. The van der Waals surface area contributed by atoms with Crippen molar-refractivity contribution in [1.29, 1.82) is 0 Å². The third kappa shape index (κ3) is 4.52. The number of anilines is 1. The summed E-state index contributed by atoms with van der Waals surface area (Å²) in [6.07, 6.45) is 0. The van der Waals surface area contributed by atoms with Crippen molar-refractivity contribution in [3.8, 4) is 5.75 Å². The second kappa shape index (κ2) is 8.62. The van der Waals surface area contributed by atoms with Gasteiger partial charge in [0.2, 0.25) is 0 Å². The van der Waals surface area contributed by atoms with Crippen molar-refractivity contribution < 1.29 is 19.1 Å². The number of aryl methyl sites for hydroxylation is 2. The lowest BCUT2D eigenvalue weighted by atomic mass is 10.1. The highest BCUT2D eigenvalue weighted by Gasteiger charge is 2.12. The average molecular weight is 397 g/mol. The smallest absolute Gasteiger partial charge is 0.338 e. The number of methoxy groups -OCH3 is 1. The molecule has 1 aromatic heterocycles. The molecule has 2 aromatic carbocycles. The minimum absolute atomic E-state index is 0.286. The lowest BCUT2D eigenvalue weighted by Gasteiger charge is -2.10. The van der Waals surface area contributed by atoms with Gasteiger partial charge >= 0.3 is 5.97 Å². The number of carbonyl (C=O) groups excluding carboxylic acids is 2. The van der Waals surface area contributed by atoms with Crippen molar-refractivity contribution in [3.05, 3.63) is 70.5 Å². The zero-order valence-corrected chi connectivity index (χ0v) is 16.5. The summed E-state index contributed by atoms with van der Waals surface area (Å²) in [6.45, 7) is 4.01. The Kier molecular flexibility index (Phi) is 6.00. The largest absolute Gasteiger partial charge is 0.487 e. The van der Waals surface area contributed by atoms with Crippen molar-refractivity contribution >= 4 is 29.3 Å².